The Hall–Kier alpha value is -1.94. The van der Waals surface area contributed by atoms with Gasteiger partial charge in [-0.25, -0.2) is 0 Å². The van der Waals surface area contributed by atoms with E-state index in [0.717, 1.165) is 24.3 Å². The normalized spacial score (nSPS) is 16.5. The molecule has 0 radical (unpaired) electrons. The van der Waals surface area contributed by atoms with Gasteiger partial charge in [0.05, 0.1) is 12.6 Å². The van der Waals surface area contributed by atoms with Crippen LogP contribution in [0.2, 0.25) is 0 Å². The lowest BCUT2D eigenvalue weighted by atomic mass is 10.0. The van der Waals surface area contributed by atoms with Gasteiger partial charge in [0.25, 0.3) is 5.91 Å². The van der Waals surface area contributed by atoms with Crippen molar-refractivity contribution < 1.29 is 9.53 Å². The maximum atomic E-state index is 12.5. The third kappa shape index (κ3) is 3.88. The number of ether oxygens (including phenoxy) is 1. The van der Waals surface area contributed by atoms with E-state index in [1.807, 2.05) is 48.2 Å². The first-order valence-corrected chi connectivity index (χ1v) is 9.02. The summed E-state index contributed by atoms with van der Waals surface area (Å²) >= 11 is 1.86. The molecule has 3 nitrogen and oxygen atoms in total. The average Bonchev–Trinajstić information content (AvgIpc) is 2.60. The molecule has 2 aromatic rings. The number of amides is 1. The van der Waals surface area contributed by atoms with Crippen LogP contribution in [0.5, 0.6) is 5.75 Å². The molecule has 1 N–H and O–H groups in total. The Morgan fingerprint density at radius 2 is 2.00 bits per heavy atom. The van der Waals surface area contributed by atoms with E-state index in [9.17, 15) is 4.79 Å². The lowest BCUT2D eigenvalue weighted by molar-refractivity contribution is 0.0935. The van der Waals surface area contributed by atoms with Crippen LogP contribution >= 0.6 is 11.8 Å². The molecule has 0 unspecified atom stereocenters. The zero-order valence-electron chi connectivity index (χ0n) is 13.2. The average molecular weight is 327 g/mol. The van der Waals surface area contributed by atoms with Crippen LogP contribution in [-0.2, 0) is 0 Å². The zero-order chi connectivity index (χ0) is 16.1. The van der Waals surface area contributed by atoms with Crippen LogP contribution < -0.4 is 10.1 Å². The fraction of sp³-hybridized carbons (Fsp3) is 0.316. The van der Waals surface area contributed by atoms with Crippen molar-refractivity contribution >= 4 is 17.7 Å². The molecule has 4 heteroatoms. The number of hydrogen-bond donors (Lipinski definition) is 1. The third-order valence-electron chi connectivity index (χ3n) is 3.85. The summed E-state index contributed by atoms with van der Waals surface area (Å²) in [5, 5.41) is 3.16. The van der Waals surface area contributed by atoms with Crippen LogP contribution in [-0.4, -0.2) is 18.3 Å². The first-order valence-electron chi connectivity index (χ1n) is 8.03. The summed E-state index contributed by atoms with van der Waals surface area (Å²) in [5.41, 5.74) is 1.89. The highest BCUT2D eigenvalue weighted by molar-refractivity contribution is 7.99. The van der Waals surface area contributed by atoms with E-state index in [0.29, 0.717) is 12.2 Å². The minimum Gasteiger partial charge on any atom is -0.494 e. The number of rotatable bonds is 5. The van der Waals surface area contributed by atoms with Crippen molar-refractivity contribution in [1.29, 1.82) is 0 Å². The van der Waals surface area contributed by atoms with Crippen molar-refractivity contribution in [2.24, 2.45) is 0 Å². The van der Waals surface area contributed by atoms with Gasteiger partial charge < -0.3 is 10.1 Å². The molecule has 0 fully saturated rings. The van der Waals surface area contributed by atoms with Crippen LogP contribution in [0.3, 0.4) is 0 Å². The molecule has 1 aliphatic rings. The molecule has 0 bridgehead atoms. The minimum absolute atomic E-state index is 0.0289. The summed E-state index contributed by atoms with van der Waals surface area (Å²) in [6, 6.07) is 15.8. The Morgan fingerprint density at radius 3 is 2.78 bits per heavy atom. The molecular weight excluding hydrogens is 306 g/mol. The summed E-state index contributed by atoms with van der Waals surface area (Å²) in [6.45, 7) is 2.77. The van der Waals surface area contributed by atoms with Gasteiger partial charge in [-0.15, -0.1) is 11.8 Å². The smallest absolute Gasteiger partial charge is 0.251 e. The Kier molecular flexibility index (Phi) is 5.23. The van der Waals surface area contributed by atoms with Crippen molar-refractivity contribution in [1.82, 2.24) is 5.32 Å². The van der Waals surface area contributed by atoms with Gasteiger partial charge in [-0.1, -0.05) is 25.1 Å². The van der Waals surface area contributed by atoms with Gasteiger partial charge >= 0.3 is 0 Å². The van der Waals surface area contributed by atoms with Gasteiger partial charge in [-0.3, -0.25) is 4.79 Å². The van der Waals surface area contributed by atoms with Gasteiger partial charge in [0.15, 0.2) is 0 Å². The Labute approximate surface area is 141 Å². The van der Waals surface area contributed by atoms with Crippen LogP contribution in [0.15, 0.2) is 53.4 Å². The maximum absolute atomic E-state index is 12.5. The second-order valence-corrected chi connectivity index (χ2v) is 6.71. The molecule has 0 aliphatic carbocycles. The SMILES string of the molecule is CCCOc1ccc(C(=O)N[C@@H]2CCSc3ccccc32)cc1. The van der Waals surface area contributed by atoms with E-state index in [1.165, 1.54) is 10.5 Å². The molecule has 0 aromatic heterocycles. The standard InChI is InChI=1S/C19H21NO2S/c1-2-12-22-15-9-7-14(8-10-15)19(21)20-17-11-13-23-18-6-4-3-5-16(17)18/h3-10,17H,2,11-13H2,1H3,(H,20,21)/t17-/m1/s1. The first-order chi connectivity index (χ1) is 11.3. The molecule has 0 spiro atoms. The zero-order valence-corrected chi connectivity index (χ0v) is 14.1. The number of carbonyl (C=O) groups is 1. The minimum atomic E-state index is -0.0289. The predicted octanol–water partition coefficient (Wildman–Crippen LogP) is 4.44. The number of nitrogens with one attached hydrogen (secondary N) is 1. The Morgan fingerprint density at radius 1 is 1.22 bits per heavy atom. The molecule has 23 heavy (non-hydrogen) atoms. The van der Waals surface area contributed by atoms with Gasteiger partial charge in [0.1, 0.15) is 5.75 Å². The van der Waals surface area contributed by atoms with Crippen molar-refractivity contribution in [3.63, 3.8) is 0 Å². The summed E-state index contributed by atoms with van der Waals surface area (Å²) in [5.74, 6) is 1.81. The number of carbonyl (C=O) groups excluding carboxylic acids is 1. The Balaban J connectivity index is 1.68. The molecule has 2 aromatic carbocycles. The number of hydrogen-bond acceptors (Lipinski definition) is 3. The number of benzene rings is 2. The molecule has 1 aliphatic heterocycles. The molecule has 0 saturated heterocycles. The lowest BCUT2D eigenvalue weighted by Gasteiger charge is -2.25. The summed E-state index contributed by atoms with van der Waals surface area (Å²) in [4.78, 5) is 13.8. The van der Waals surface area contributed by atoms with Crippen molar-refractivity contribution in [2.45, 2.75) is 30.7 Å². The van der Waals surface area contributed by atoms with Crippen LogP contribution in [0.25, 0.3) is 0 Å². The van der Waals surface area contributed by atoms with Gasteiger partial charge in [0, 0.05) is 16.2 Å². The topological polar surface area (TPSA) is 38.3 Å². The number of fused-ring (bicyclic) bond motifs is 1. The highest BCUT2D eigenvalue weighted by Crippen LogP contribution is 2.35. The summed E-state index contributed by atoms with van der Waals surface area (Å²) in [6.07, 6.45) is 1.94. The summed E-state index contributed by atoms with van der Waals surface area (Å²) < 4.78 is 5.55. The van der Waals surface area contributed by atoms with Crippen molar-refractivity contribution in [3.05, 3.63) is 59.7 Å². The molecule has 1 amide bonds. The Bertz CT molecular complexity index is 669. The lowest BCUT2D eigenvalue weighted by Crippen LogP contribution is -2.30. The largest absolute Gasteiger partial charge is 0.494 e. The molecule has 1 atom stereocenters. The maximum Gasteiger partial charge on any atom is 0.251 e. The second kappa shape index (κ2) is 7.55. The van der Waals surface area contributed by atoms with E-state index in [4.69, 9.17) is 4.74 Å². The highest BCUT2D eigenvalue weighted by Gasteiger charge is 2.22. The van der Waals surface area contributed by atoms with Gasteiger partial charge in [-0.05, 0) is 48.7 Å². The predicted molar refractivity (Wildman–Crippen MR) is 94.2 cm³/mol. The van der Waals surface area contributed by atoms with Crippen LogP contribution in [0, 0.1) is 0 Å². The highest BCUT2D eigenvalue weighted by atomic mass is 32.2. The number of thioether (sulfide) groups is 1. The van der Waals surface area contributed by atoms with Crippen LogP contribution in [0.4, 0.5) is 0 Å². The monoisotopic (exact) mass is 327 g/mol. The van der Waals surface area contributed by atoms with Gasteiger partial charge in [0.2, 0.25) is 0 Å². The van der Waals surface area contributed by atoms with Crippen molar-refractivity contribution in [3.8, 4) is 5.75 Å². The molecular formula is C19H21NO2S. The van der Waals surface area contributed by atoms with Crippen LogP contribution in [0.1, 0.15) is 41.7 Å². The quantitative estimate of drug-likeness (QED) is 0.882. The van der Waals surface area contributed by atoms with E-state index in [2.05, 4.69) is 24.4 Å². The van der Waals surface area contributed by atoms with Gasteiger partial charge in [-0.2, -0.15) is 0 Å². The molecule has 0 saturated carbocycles. The van der Waals surface area contributed by atoms with E-state index in [1.54, 1.807) is 0 Å². The first kappa shape index (κ1) is 15.9. The fourth-order valence-corrected chi connectivity index (χ4v) is 3.78. The molecule has 3 rings (SSSR count). The molecule has 120 valence electrons. The van der Waals surface area contributed by atoms with E-state index >= 15 is 0 Å². The summed E-state index contributed by atoms with van der Waals surface area (Å²) in [7, 11) is 0. The second-order valence-electron chi connectivity index (χ2n) is 5.57. The fourth-order valence-electron chi connectivity index (χ4n) is 2.66. The third-order valence-corrected chi connectivity index (χ3v) is 4.98. The van der Waals surface area contributed by atoms with E-state index in [-0.39, 0.29) is 11.9 Å². The molecule has 1 heterocycles. The van der Waals surface area contributed by atoms with E-state index < -0.39 is 0 Å². The van der Waals surface area contributed by atoms with Crippen molar-refractivity contribution in [2.75, 3.05) is 12.4 Å².